The second-order valence-electron chi connectivity index (χ2n) is 4.64. The lowest BCUT2D eigenvalue weighted by molar-refractivity contribution is -0.130. The summed E-state index contributed by atoms with van der Waals surface area (Å²) >= 11 is 0. The van der Waals surface area contributed by atoms with E-state index in [1.54, 1.807) is 12.1 Å². The van der Waals surface area contributed by atoms with Crippen molar-refractivity contribution in [3.05, 3.63) is 35.6 Å². The first-order chi connectivity index (χ1) is 8.75. The average Bonchev–Trinajstić information content (AvgIpc) is 2.28. The third-order valence-corrected chi connectivity index (χ3v) is 3.16. The molecule has 4 heteroatoms. The third-order valence-electron chi connectivity index (χ3n) is 3.16. The molecule has 1 heterocycles. The Kier molecular flexibility index (Phi) is 4.70. The van der Waals surface area contributed by atoms with Crippen molar-refractivity contribution >= 4 is 5.91 Å². The monoisotopic (exact) mass is 250 g/mol. The van der Waals surface area contributed by atoms with Crippen LogP contribution in [0.15, 0.2) is 24.3 Å². The summed E-state index contributed by atoms with van der Waals surface area (Å²) in [5, 5.41) is 3.32. The topological polar surface area (TPSA) is 32.3 Å². The van der Waals surface area contributed by atoms with Crippen molar-refractivity contribution < 1.29 is 9.18 Å². The van der Waals surface area contributed by atoms with E-state index in [0.29, 0.717) is 6.42 Å². The van der Waals surface area contributed by atoms with E-state index in [4.69, 9.17) is 0 Å². The van der Waals surface area contributed by atoms with Crippen LogP contribution in [0.2, 0.25) is 0 Å². The highest BCUT2D eigenvalue weighted by Crippen LogP contribution is 2.07. The second-order valence-corrected chi connectivity index (χ2v) is 4.64. The van der Waals surface area contributed by atoms with E-state index in [9.17, 15) is 9.18 Å². The molecule has 0 saturated carbocycles. The molecule has 0 aliphatic carbocycles. The first kappa shape index (κ1) is 13.0. The molecule has 3 nitrogen and oxygen atoms in total. The number of rotatable bonds is 2. The lowest BCUT2D eigenvalue weighted by atomic mass is 10.1. The van der Waals surface area contributed by atoms with Gasteiger partial charge in [0.2, 0.25) is 5.91 Å². The van der Waals surface area contributed by atoms with Crippen molar-refractivity contribution in [2.75, 3.05) is 26.2 Å². The van der Waals surface area contributed by atoms with Gasteiger partial charge in [-0.1, -0.05) is 12.1 Å². The standard InChI is InChI=1S/C14H19FN2O/c15-13-5-1-4-12(10-13)11-14(18)17-8-2-6-16-7-3-9-17/h1,4-5,10,16H,2-3,6-9,11H2. The van der Waals surface area contributed by atoms with E-state index in [0.717, 1.165) is 44.6 Å². The highest BCUT2D eigenvalue weighted by molar-refractivity contribution is 5.78. The van der Waals surface area contributed by atoms with E-state index in [1.807, 2.05) is 4.90 Å². The summed E-state index contributed by atoms with van der Waals surface area (Å²) in [5.41, 5.74) is 0.750. The first-order valence-electron chi connectivity index (χ1n) is 6.48. The Hall–Kier alpha value is -1.42. The Morgan fingerprint density at radius 3 is 2.67 bits per heavy atom. The number of nitrogens with zero attached hydrogens (tertiary/aromatic N) is 1. The molecule has 1 amide bonds. The van der Waals surface area contributed by atoms with Crippen LogP contribution in [0.5, 0.6) is 0 Å². The number of amides is 1. The van der Waals surface area contributed by atoms with E-state index in [-0.39, 0.29) is 11.7 Å². The molecular formula is C14H19FN2O. The van der Waals surface area contributed by atoms with Gasteiger partial charge in [0.25, 0.3) is 0 Å². The minimum Gasteiger partial charge on any atom is -0.342 e. The van der Waals surface area contributed by atoms with Crippen LogP contribution in [0, 0.1) is 5.82 Å². The molecule has 0 bridgehead atoms. The number of hydrogen-bond donors (Lipinski definition) is 1. The maximum Gasteiger partial charge on any atom is 0.226 e. The molecule has 0 radical (unpaired) electrons. The summed E-state index contributed by atoms with van der Waals surface area (Å²) in [5.74, 6) is -0.181. The van der Waals surface area contributed by atoms with E-state index in [2.05, 4.69) is 5.32 Å². The molecule has 2 rings (SSSR count). The Morgan fingerprint density at radius 2 is 2.00 bits per heavy atom. The van der Waals surface area contributed by atoms with Crippen LogP contribution in [-0.4, -0.2) is 37.0 Å². The molecule has 18 heavy (non-hydrogen) atoms. The molecule has 1 aromatic carbocycles. The minimum absolute atomic E-state index is 0.0995. The van der Waals surface area contributed by atoms with E-state index >= 15 is 0 Å². The summed E-state index contributed by atoms with van der Waals surface area (Å²) in [6.07, 6.45) is 2.26. The summed E-state index contributed by atoms with van der Waals surface area (Å²) < 4.78 is 13.0. The van der Waals surface area contributed by atoms with Gasteiger partial charge in [-0.25, -0.2) is 4.39 Å². The molecule has 0 atom stereocenters. The zero-order chi connectivity index (χ0) is 12.8. The molecule has 1 saturated heterocycles. The predicted octanol–water partition coefficient (Wildman–Crippen LogP) is 1.58. The van der Waals surface area contributed by atoms with Gasteiger partial charge in [-0.15, -0.1) is 0 Å². The Balaban J connectivity index is 1.93. The van der Waals surface area contributed by atoms with Crippen molar-refractivity contribution in [1.29, 1.82) is 0 Å². The Morgan fingerprint density at radius 1 is 1.28 bits per heavy atom. The molecule has 1 aromatic rings. The number of hydrogen-bond acceptors (Lipinski definition) is 2. The van der Waals surface area contributed by atoms with Gasteiger partial charge in [0.15, 0.2) is 0 Å². The molecule has 98 valence electrons. The van der Waals surface area contributed by atoms with Gasteiger partial charge in [-0.2, -0.15) is 0 Å². The van der Waals surface area contributed by atoms with Crippen molar-refractivity contribution in [2.24, 2.45) is 0 Å². The summed E-state index contributed by atoms with van der Waals surface area (Å²) in [6, 6.07) is 6.28. The van der Waals surface area contributed by atoms with Crippen LogP contribution in [-0.2, 0) is 11.2 Å². The lowest BCUT2D eigenvalue weighted by Gasteiger charge is -2.25. The number of carbonyl (C=O) groups is 1. The van der Waals surface area contributed by atoms with Gasteiger partial charge in [0.1, 0.15) is 5.82 Å². The quantitative estimate of drug-likeness (QED) is 0.864. The van der Waals surface area contributed by atoms with Crippen LogP contribution in [0.25, 0.3) is 0 Å². The van der Waals surface area contributed by atoms with Gasteiger partial charge in [-0.05, 0) is 43.6 Å². The summed E-state index contributed by atoms with van der Waals surface area (Å²) in [7, 11) is 0. The van der Waals surface area contributed by atoms with Gasteiger partial charge < -0.3 is 10.2 Å². The van der Waals surface area contributed by atoms with Gasteiger partial charge in [-0.3, -0.25) is 4.79 Å². The normalized spacial score (nSPS) is 17.1. The molecule has 1 N–H and O–H groups in total. The van der Waals surface area contributed by atoms with Crippen molar-refractivity contribution in [3.63, 3.8) is 0 Å². The smallest absolute Gasteiger partial charge is 0.226 e. The largest absolute Gasteiger partial charge is 0.342 e. The fourth-order valence-corrected chi connectivity index (χ4v) is 2.21. The Labute approximate surface area is 107 Å². The third kappa shape index (κ3) is 3.81. The molecule has 0 aromatic heterocycles. The number of carbonyl (C=O) groups excluding carboxylic acids is 1. The zero-order valence-corrected chi connectivity index (χ0v) is 10.5. The van der Waals surface area contributed by atoms with Gasteiger partial charge >= 0.3 is 0 Å². The van der Waals surface area contributed by atoms with Crippen LogP contribution in [0.1, 0.15) is 18.4 Å². The molecule has 0 unspecified atom stereocenters. The molecular weight excluding hydrogens is 231 g/mol. The molecule has 1 aliphatic heterocycles. The number of nitrogens with one attached hydrogen (secondary N) is 1. The fraction of sp³-hybridized carbons (Fsp3) is 0.500. The Bertz CT molecular complexity index is 401. The minimum atomic E-state index is -0.280. The van der Waals surface area contributed by atoms with Crippen LogP contribution < -0.4 is 5.32 Å². The summed E-state index contributed by atoms with van der Waals surface area (Å²) in [6.45, 7) is 3.51. The van der Waals surface area contributed by atoms with Crippen LogP contribution in [0.3, 0.4) is 0 Å². The maximum atomic E-state index is 13.0. The van der Waals surface area contributed by atoms with Crippen LogP contribution in [0.4, 0.5) is 4.39 Å². The average molecular weight is 250 g/mol. The first-order valence-corrected chi connectivity index (χ1v) is 6.48. The van der Waals surface area contributed by atoms with E-state index < -0.39 is 0 Å². The van der Waals surface area contributed by atoms with Crippen molar-refractivity contribution in [3.8, 4) is 0 Å². The van der Waals surface area contributed by atoms with Crippen LogP contribution >= 0.6 is 0 Å². The van der Waals surface area contributed by atoms with Crippen molar-refractivity contribution in [2.45, 2.75) is 19.3 Å². The van der Waals surface area contributed by atoms with Gasteiger partial charge in [0.05, 0.1) is 6.42 Å². The molecule has 1 aliphatic rings. The van der Waals surface area contributed by atoms with Gasteiger partial charge in [0, 0.05) is 13.1 Å². The predicted molar refractivity (Wildman–Crippen MR) is 68.8 cm³/mol. The number of benzene rings is 1. The second kappa shape index (κ2) is 6.50. The fourth-order valence-electron chi connectivity index (χ4n) is 2.21. The zero-order valence-electron chi connectivity index (χ0n) is 10.5. The summed E-state index contributed by atoms with van der Waals surface area (Å²) in [4.78, 5) is 14.0. The lowest BCUT2D eigenvalue weighted by Crippen LogP contribution is -2.38. The highest BCUT2D eigenvalue weighted by Gasteiger charge is 2.14. The van der Waals surface area contributed by atoms with E-state index in [1.165, 1.54) is 12.1 Å². The SMILES string of the molecule is O=C(Cc1cccc(F)c1)N1CCCNCCC1. The molecule has 1 fully saturated rings. The number of halogens is 1. The highest BCUT2D eigenvalue weighted by atomic mass is 19.1. The van der Waals surface area contributed by atoms with Crippen molar-refractivity contribution in [1.82, 2.24) is 10.2 Å². The molecule has 0 spiro atoms. The maximum absolute atomic E-state index is 13.0.